The van der Waals surface area contributed by atoms with Crippen molar-refractivity contribution in [2.24, 2.45) is 0 Å². The average Bonchev–Trinajstić information content (AvgIpc) is 2.80. The second-order valence-corrected chi connectivity index (χ2v) is 6.87. The molecule has 1 N–H and O–H groups in total. The first-order valence-corrected chi connectivity index (χ1v) is 9.78. The lowest BCUT2D eigenvalue weighted by molar-refractivity contribution is 0.0671. The Morgan fingerprint density at radius 3 is 2.17 bits per heavy atom. The number of para-hydroxylation sites is 1. The van der Waals surface area contributed by atoms with Crippen LogP contribution in [-0.4, -0.2) is 52.9 Å². The summed E-state index contributed by atoms with van der Waals surface area (Å²) in [6.45, 7) is 1.95. The molecule has 1 saturated heterocycles. The van der Waals surface area contributed by atoms with E-state index < -0.39 is 0 Å². The van der Waals surface area contributed by atoms with E-state index in [9.17, 15) is 9.59 Å². The van der Waals surface area contributed by atoms with Gasteiger partial charge in [0.25, 0.3) is 5.91 Å². The number of nitrogens with zero attached hydrogens (tertiary/aromatic N) is 3. The van der Waals surface area contributed by atoms with E-state index in [4.69, 9.17) is 4.74 Å². The number of anilines is 1. The minimum atomic E-state index is -0.210. The molecule has 0 unspecified atom stereocenters. The van der Waals surface area contributed by atoms with Crippen LogP contribution < -0.4 is 10.1 Å². The Hall–Kier alpha value is -3.87. The molecule has 4 rings (SSSR count). The monoisotopic (exact) mass is 402 g/mol. The van der Waals surface area contributed by atoms with Crippen molar-refractivity contribution in [1.29, 1.82) is 0 Å². The summed E-state index contributed by atoms with van der Waals surface area (Å²) in [5.41, 5.74) is 1.27. The van der Waals surface area contributed by atoms with Crippen LogP contribution in [0.5, 0.6) is 11.6 Å². The number of amides is 3. The standard InChI is InChI=1S/C23H22N4O3/c28-22(18-7-3-1-4-8-18)26-13-15-27(16-14-26)23(29)25-19-11-12-24-21(17-19)30-20-9-5-2-6-10-20/h1-12,17H,13-16H2,(H,24,25,29). The van der Waals surface area contributed by atoms with Crippen molar-refractivity contribution < 1.29 is 14.3 Å². The molecule has 0 aliphatic carbocycles. The Bertz CT molecular complexity index is 1000. The summed E-state index contributed by atoms with van der Waals surface area (Å²) in [5, 5.41) is 2.88. The van der Waals surface area contributed by atoms with E-state index in [1.165, 1.54) is 0 Å². The third-order valence-corrected chi connectivity index (χ3v) is 4.83. The number of urea groups is 1. The van der Waals surface area contributed by atoms with E-state index in [2.05, 4.69) is 10.3 Å². The Labute approximate surface area is 174 Å². The van der Waals surface area contributed by atoms with Crippen LogP contribution in [0.4, 0.5) is 10.5 Å². The fourth-order valence-corrected chi connectivity index (χ4v) is 3.23. The van der Waals surface area contributed by atoms with Crippen molar-refractivity contribution in [3.8, 4) is 11.6 Å². The van der Waals surface area contributed by atoms with Gasteiger partial charge in [-0.15, -0.1) is 0 Å². The fourth-order valence-electron chi connectivity index (χ4n) is 3.23. The van der Waals surface area contributed by atoms with Crippen LogP contribution in [0.15, 0.2) is 79.0 Å². The molecule has 1 aliphatic heterocycles. The highest BCUT2D eigenvalue weighted by Gasteiger charge is 2.24. The molecule has 152 valence electrons. The van der Waals surface area contributed by atoms with E-state index >= 15 is 0 Å². The number of nitrogens with one attached hydrogen (secondary N) is 1. The molecule has 30 heavy (non-hydrogen) atoms. The first kappa shape index (κ1) is 19.4. The number of hydrogen-bond donors (Lipinski definition) is 1. The van der Waals surface area contributed by atoms with E-state index in [0.29, 0.717) is 49.1 Å². The SMILES string of the molecule is O=C(Nc1ccnc(Oc2ccccc2)c1)N1CCN(C(=O)c2ccccc2)CC1. The van der Waals surface area contributed by atoms with E-state index in [1.54, 1.807) is 40.3 Å². The maximum atomic E-state index is 12.6. The van der Waals surface area contributed by atoms with Gasteiger partial charge in [-0.3, -0.25) is 4.79 Å². The molecule has 0 saturated carbocycles. The van der Waals surface area contributed by atoms with Gasteiger partial charge in [-0.2, -0.15) is 0 Å². The van der Waals surface area contributed by atoms with Crippen LogP contribution in [0.3, 0.4) is 0 Å². The number of carbonyl (C=O) groups is 2. The number of rotatable bonds is 4. The molecular weight excluding hydrogens is 380 g/mol. The predicted octanol–water partition coefficient (Wildman–Crippen LogP) is 3.86. The number of ether oxygens (including phenoxy) is 1. The lowest BCUT2D eigenvalue weighted by Gasteiger charge is -2.34. The van der Waals surface area contributed by atoms with Crippen LogP contribution in [0, 0.1) is 0 Å². The van der Waals surface area contributed by atoms with Gasteiger partial charge in [-0.1, -0.05) is 36.4 Å². The number of pyridine rings is 1. The largest absolute Gasteiger partial charge is 0.439 e. The van der Waals surface area contributed by atoms with Crippen molar-refractivity contribution >= 4 is 17.6 Å². The van der Waals surface area contributed by atoms with Gasteiger partial charge in [0.05, 0.1) is 0 Å². The first-order valence-electron chi connectivity index (χ1n) is 9.78. The van der Waals surface area contributed by atoms with E-state index in [-0.39, 0.29) is 11.9 Å². The Kier molecular flexibility index (Phi) is 5.89. The molecule has 7 nitrogen and oxygen atoms in total. The molecule has 7 heteroatoms. The lowest BCUT2D eigenvalue weighted by Crippen LogP contribution is -2.51. The maximum Gasteiger partial charge on any atom is 0.321 e. The zero-order valence-corrected chi connectivity index (χ0v) is 16.4. The molecule has 2 aromatic carbocycles. The summed E-state index contributed by atoms with van der Waals surface area (Å²) in [4.78, 5) is 32.8. The summed E-state index contributed by atoms with van der Waals surface area (Å²) >= 11 is 0. The molecule has 0 atom stereocenters. The van der Waals surface area contributed by atoms with Gasteiger partial charge in [0, 0.05) is 49.7 Å². The molecular formula is C23H22N4O3. The number of hydrogen-bond acceptors (Lipinski definition) is 4. The highest BCUT2D eigenvalue weighted by molar-refractivity contribution is 5.94. The molecule has 3 amide bonds. The van der Waals surface area contributed by atoms with Crippen LogP contribution >= 0.6 is 0 Å². The number of benzene rings is 2. The van der Waals surface area contributed by atoms with Gasteiger partial charge in [0.15, 0.2) is 0 Å². The summed E-state index contributed by atoms with van der Waals surface area (Å²) < 4.78 is 5.71. The predicted molar refractivity (Wildman–Crippen MR) is 114 cm³/mol. The second kappa shape index (κ2) is 9.09. The minimum absolute atomic E-state index is 0.00695. The topological polar surface area (TPSA) is 74.8 Å². The Morgan fingerprint density at radius 1 is 0.833 bits per heavy atom. The van der Waals surface area contributed by atoms with Crippen molar-refractivity contribution in [1.82, 2.24) is 14.8 Å². The van der Waals surface area contributed by atoms with Gasteiger partial charge in [-0.05, 0) is 30.3 Å². The quantitative estimate of drug-likeness (QED) is 0.719. The van der Waals surface area contributed by atoms with E-state index in [1.807, 2.05) is 48.5 Å². The zero-order chi connectivity index (χ0) is 20.8. The number of piperazine rings is 1. The summed E-state index contributed by atoms with van der Waals surface area (Å²) in [7, 11) is 0. The van der Waals surface area contributed by atoms with Gasteiger partial charge in [0.2, 0.25) is 5.88 Å². The summed E-state index contributed by atoms with van der Waals surface area (Å²) in [6.07, 6.45) is 1.59. The van der Waals surface area contributed by atoms with Gasteiger partial charge in [0.1, 0.15) is 5.75 Å². The first-order chi connectivity index (χ1) is 14.7. The van der Waals surface area contributed by atoms with Crippen molar-refractivity contribution in [2.75, 3.05) is 31.5 Å². The highest BCUT2D eigenvalue weighted by Crippen LogP contribution is 2.21. The summed E-state index contributed by atoms with van der Waals surface area (Å²) in [5.74, 6) is 1.07. The van der Waals surface area contributed by atoms with Gasteiger partial charge in [-0.25, -0.2) is 9.78 Å². The number of aromatic nitrogens is 1. The lowest BCUT2D eigenvalue weighted by atomic mass is 10.2. The van der Waals surface area contributed by atoms with Crippen molar-refractivity contribution in [2.45, 2.75) is 0 Å². The summed E-state index contributed by atoms with van der Waals surface area (Å²) in [6, 6.07) is 21.7. The van der Waals surface area contributed by atoms with Crippen molar-refractivity contribution in [3.63, 3.8) is 0 Å². The van der Waals surface area contributed by atoms with Crippen LogP contribution in [0.1, 0.15) is 10.4 Å². The van der Waals surface area contributed by atoms with Gasteiger partial charge < -0.3 is 19.9 Å². The van der Waals surface area contributed by atoms with Crippen LogP contribution in [-0.2, 0) is 0 Å². The third-order valence-electron chi connectivity index (χ3n) is 4.83. The smallest absolute Gasteiger partial charge is 0.321 e. The van der Waals surface area contributed by atoms with Crippen molar-refractivity contribution in [3.05, 3.63) is 84.6 Å². The molecule has 1 fully saturated rings. The fraction of sp³-hybridized carbons (Fsp3) is 0.174. The molecule has 2 heterocycles. The zero-order valence-electron chi connectivity index (χ0n) is 16.4. The van der Waals surface area contributed by atoms with Crippen LogP contribution in [0.25, 0.3) is 0 Å². The van der Waals surface area contributed by atoms with E-state index in [0.717, 1.165) is 0 Å². The Balaban J connectivity index is 1.32. The molecule has 1 aromatic heterocycles. The molecule has 0 radical (unpaired) electrons. The third kappa shape index (κ3) is 4.75. The highest BCUT2D eigenvalue weighted by atomic mass is 16.5. The molecule has 3 aromatic rings. The Morgan fingerprint density at radius 2 is 1.47 bits per heavy atom. The molecule has 1 aliphatic rings. The number of carbonyl (C=O) groups excluding carboxylic acids is 2. The minimum Gasteiger partial charge on any atom is -0.439 e. The second-order valence-electron chi connectivity index (χ2n) is 6.87. The van der Waals surface area contributed by atoms with Crippen LogP contribution in [0.2, 0.25) is 0 Å². The molecule has 0 spiro atoms. The van der Waals surface area contributed by atoms with Gasteiger partial charge >= 0.3 is 6.03 Å². The maximum absolute atomic E-state index is 12.6. The average molecular weight is 402 g/mol. The normalized spacial score (nSPS) is 13.6. The molecule has 0 bridgehead atoms.